The second-order valence-corrected chi connectivity index (χ2v) is 6.94. The van der Waals surface area contributed by atoms with E-state index in [4.69, 9.17) is 0 Å². The molecule has 3 rings (SSSR count). The van der Waals surface area contributed by atoms with Crippen molar-refractivity contribution >= 4 is 17.5 Å². The predicted molar refractivity (Wildman–Crippen MR) is 97.9 cm³/mol. The molecular weight excluding hydrogens is 312 g/mol. The minimum atomic E-state index is -0.294. The van der Waals surface area contributed by atoms with Gasteiger partial charge >= 0.3 is 0 Å². The van der Waals surface area contributed by atoms with Gasteiger partial charge in [0.1, 0.15) is 17.5 Å². The van der Waals surface area contributed by atoms with Gasteiger partial charge < -0.3 is 9.72 Å². The summed E-state index contributed by atoms with van der Waals surface area (Å²) < 4.78 is 2.02. The van der Waals surface area contributed by atoms with Crippen molar-refractivity contribution in [2.75, 3.05) is 0 Å². The fourth-order valence-corrected chi connectivity index (χ4v) is 3.40. The molecule has 1 aliphatic carbocycles. The van der Waals surface area contributed by atoms with Crippen LogP contribution in [-0.4, -0.2) is 21.3 Å². The topological polar surface area (TPSA) is 70.2 Å². The van der Waals surface area contributed by atoms with Crippen molar-refractivity contribution in [2.24, 2.45) is 0 Å². The third kappa shape index (κ3) is 3.74. The molecule has 0 aromatic carbocycles. The molecule has 2 aromatic heterocycles. The predicted octanol–water partition coefficient (Wildman–Crippen LogP) is 3.81. The van der Waals surface area contributed by atoms with Crippen molar-refractivity contribution in [1.82, 2.24) is 14.7 Å². The first kappa shape index (κ1) is 17.2. The molecule has 0 atom stereocenters. The monoisotopic (exact) mass is 336 g/mol. The summed E-state index contributed by atoms with van der Waals surface area (Å²) in [6.07, 6.45) is 9.07. The van der Waals surface area contributed by atoms with Gasteiger partial charge in [-0.3, -0.25) is 4.79 Å². The molecule has 0 spiro atoms. The second kappa shape index (κ2) is 7.52. The zero-order valence-corrected chi connectivity index (χ0v) is 14.8. The molecule has 1 amide bonds. The van der Waals surface area contributed by atoms with Gasteiger partial charge in [0.2, 0.25) is 0 Å². The number of aromatic nitrogens is 2. The lowest BCUT2D eigenvalue weighted by Crippen LogP contribution is -2.36. The molecule has 0 radical (unpaired) electrons. The Hall–Kier alpha value is -2.61. The van der Waals surface area contributed by atoms with E-state index in [1.165, 1.54) is 6.42 Å². The Kier molecular flexibility index (Phi) is 5.18. The van der Waals surface area contributed by atoms with E-state index in [9.17, 15) is 10.1 Å². The maximum atomic E-state index is 12.5. The number of pyridine rings is 1. The van der Waals surface area contributed by atoms with Crippen LogP contribution in [0.25, 0.3) is 11.6 Å². The molecule has 1 saturated carbocycles. The summed E-state index contributed by atoms with van der Waals surface area (Å²) >= 11 is 0. The number of nitriles is 1. The number of rotatable bonds is 4. The molecule has 130 valence electrons. The quantitative estimate of drug-likeness (QED) is 0.682. The van der Waals surface area contributed by atoms with Crippen molar-refractivity contribution in [3.8, 4) is 6.07 Å². The van der Waals surface area contributed by atoms with Crippen LogP contribution in [0.15, 0.2) is 30.0 Å². The Balaban J connectivity index is 1.90. The number of hydrogen-bond acceptors (Lipinski definition) is 3. The molecule has 2 aromatic rings. The maximum Gasteiger partial charge on any atom is 0.262 e. The van der Waals surface area contributed by atoms with Gasteiger partial charge in [-0.1, -0.05) is 39.2 Å². The summed E-state index contributed by atoms with van der Waals surface area (Å²) in [6.45, 7) is 4.16. The first-order valence-electron chi connectivity index (χ1n) is 8.99. The second-order valence-electron chi connectivity index (χ2n) is 6.94. The highest BCUT2D eigenvalue weighted by Gasteiger charge is 2.19. The summed E-state index contributed by atoms with van der Waals surface area (Å²) in [5.41, 5.74) is 1.69. The van der Waals surface area contributed by atoms with Gasteiger partial charge in [0.05, 0.1) is 11.2 Å². The van der Waals surface area contributed by atoms with Gasteiger partial charge in [0, 0.05) is 18.2 Å². The third-order valence-electron chi connectivity index (χ3n) is 4.71. The number of carbonyl (C=O) groups is 1. The molecule has 1 aliphatic rings. The van der Waals surface area contributed by atoms with Crippen LogP contribution in [0.5, 0.6) is 0 Å². The van der Waals surface area contributed by atoms with Crippen LogP contribution >= 0.6 is 0 Å². The number of hydrogen-bond donors (Lipinski definition) is 1. The van der Waals surface area contributed by atoms with Gasteiger partial charge in [-0.05, 0) is 31.1 Å². The van der Waals surface area contributed by atoms with E-state index in [1.54, 1.807) is 6.08 Å². The van der Waals surface area contributed by atoms with Crippen LogP contribution in [0.4, 0.5) is 0 Å². The number of nitrogens with zero attached hydrogens (tertiary/aromatic N) is 3. The Morgan fingerprint density at radius 1 is 1.36 bits per heavy atom. The number of fused-ring (bicyclic) bond motifs is 1. The zero-order valence-electron chi connectivity index (χ0n) is 14.8. The summed E-state index contributed by atoms with van der Waals surface area (Å²) in [5, 5.41) is 12.5. The lowest BCUT2D eigenvalue weighted by atomic mass is 9.95. The van der Waals surface area contributed by atoms with E-state index in [0.29, 0.717) is 5.69 Å². The van der Waals surface area contributed by atoms with E-state index in [-0.39, 0.29) is 23.4 Å². The molecule has 0 bridgehead atoms. The minimum absolute atomic E-state index is 0.115. The van der Waals surface area contributed by atoms with Gasteiger partial charge in [-0.2, -0.15) is 5.26 Å². The van der Waals surface area contributed by atoms with Crippen LogP contribution in [0.3, 0.4) is 0 Å². The van der Waals surface area contributed by atoms with Gasteiger partial charge in [-0.15, -0.1) is 0 Å². The molecule has 5 heteroatoms. The first-order chi connectivity index (χ1) is 12.1. The molecule has 1 fully saturated rings. The molecule has 2 heterocycles. The summed E-state index contributed by atoms with van der Waals surface area (Å²) in [4.78, 5) is 17.1. The zero-order chi connectivity index (χ0) is 17.8. The normalized spacial score (nSPS) is 16.2. The Morgan fingerprint density at radius 3 is 2.80 bits per heavy atom. The summed E-state index contributed by atoms with van der Waals surface area (Å²) in [7, 11) is 0. The minimum Gasteiger partial charge on any atom is -0.349 e. The smallest absolute Gasteiger partial charge is 0.262 e. The van der Waals surface area contributed by atoms with E-state index in [2.05, 4.69) is 24.1 Å². The van der Waals surface area contributed by atoms with Crippen molar-refractivity contribution in [2.45, 2.75) is 57.9 Å². The van der Waals surface area contributed by atoms with Gasteiger partial charge in [-0.25, -0.2) is 4.98 Å². The van der Waals surface area contributed by atoms with E-state index < -0.39 is 0 Å². The Labute approximate surface area is 148 Å². The van der Waals surface area contributed by atoms with Crippen molar-refractivity contribution < 1.29 is 4.79 Å². The van der Waals surface area contributed by atoms with Crippen LogP contribution in [-0.2, 0) is 4.79 Å². The number of imidazole rings is 1. The largest absolute Gasteiger partial charge is 0.349 e. The standard InChI is InChI=1S/C20H24N4O/c1-14(2)19-23-17(18-10-6-7-11-24(18)19)12-15(13-21)20(25)22-16-8-4-3-5-9-16/h6-7,10-12,14,16H,3-5,8-9H2,1-2H3,(H,22,25)/b15-12+. The average Bonchev–Trinajstić information content (AvgIpc) is 2.99. The fraction of sp³-hybridized carbons (Fsp3) is 0.450. The molecule has 0 aliphatic heterocycles. The molecule has 5 nitrogen and oxygen atoms in total. The first-order valence-corrected chi connectivity index (χ1v) is 8.99. The van der Waals surface area contributed by atoms with E-state index in [0.717, 1.165) is 37.0 Å². The maximum absolute atomic E-state index is 12.5. The van der Waals surface area contributed by atoms with Crippen LogP contribution in [0, 0.1) is 11.3 Å². The average molecular weight is 336 g/mol. The van der Waals surface area contributed by atoms with Gasteiger partial charge in [0.15, 0.2) is 0 Å². The number of nitrogens with one attached hydrogen (secondary N) is 1. The molecule has 0 saturated heterocycles. The van der Waals surface area contributed by atoms with Crippen LogP contribution < -0.4 is 5.32 Å². The lowest BCUT2D eigenvalue weighted by Gasteiger charge is -2.22. The van der Waals surface area contributed by atoms with Crippen molar-refractivity contribution in [3.05, 3.63) is 41.5 Å². The van der Waals surface area contributed by atoms with Crippen LogP contribution in [0.1, 0.15) is 63.4 Å². The molecule has 1 N–H and O–H groups in total. The van der Waals surface area contributed by atoms with Crippen LogP contribution in [0.2, 0.25) is 0 Å². The van der Waals surface area contributed by atoms with E-state index >= 15 is 0 Å². The third-order valence-corrected chi connectivity index (χ3v) is 4.71. The Bertz CT molecular complexity index is 835. The summed E-state index contributed by atoms with van der Waals surface area (Å²) in [6, 6.07) is 8.07. The fourth-order valence-electron chi connectivity index (χ4n) is 3.40. The lowest BCUT2D eigenvalue weighted by molar-refractivity contribution is -0.117. The van der Waals surface area contributed by atoms with Crippen molar-refractivity contribution in [1.29, 1.82) is 5.26 Å². The molecule has 0 unspecified atom stereocenters. The number of amides is 1. The van der Waals surface area contributed by atoms with Crippen molar-refractivity contribution in [3.63, 3.8) is 0 Å². The SMILES string of the molecule is CC(C)c1nc(/C=C(\C#N)C(=O)NC2CCCCC2)c2ccccn12. The highest BCUT2D eigenvalue weighted by Crippen LogP contribution is 2.22. The number of carbonyl (C=O) groups excluding carboxylic acids is 1. The molecular formula is C20H24N4O. The molecule has 25 heavy (non-hydrogen) atoms. The highest BCUT2D eigenvalue weighted by atomic mass is 16.1. The van der Waals surface area contributed by atoms with Gasteiger partial charge in [0.25, 0.3) is 5.91 Å². The highest BCUT2D eigenvalue weighted by molar-refractivity contribution is 6.02. The Morgan fingerprint density at radius 2 is 2.12 bits per heavy atom. The summed E-state index contributed by atoms with van der Waals surface area (Å²) in [5.74, 6) is 0.878. The van der Waals surface area contributed by atoms with E-state index in [1.807, 2.05) is 34.9 Å².